The Labute approximate surface area is 95.4 Å². The summed E-state index contributed by atoms with van der Waals surface area (Å²) >= 11 is 4.75. The Morgan fingerprint density at radius 3 is 2.13 bits per heavy atom. The minimum absolute atomic E-state index is 0.145. The zero-order chi connectivity index (χ0) is 11.3. The summed E-state index contributed by atoms with van der Waals surface area (Å²) in [7, 11) is 3.27. The molecule has 1 aromatic carbocycles. The Hall–Kier alpha value is -1.29. The Balaban J connectivity index is 3.00. The summed E-state index contributed by atoms with van der Waals surface area (Å²) in [5.74, 6) is 1.56. The second-order valence-corrected chi connectivity index (χ2v) is 3.39. The van der Waals surface area contributed by atoms with Crippen molar-refractivity contribution in [3.05, 3.63) is 23.8 Å². The fourth-order valence-corrected chi connectivity index (χ4v) is 1.48. The molecule has 0 amide bonds. The maximum Gasteiger partial charge on any atom is 0.122 e. The number of thiocarbonyl (C=S) groups is 1. The van der Waals surface area contributed by atoms with E-state index in [-0.39, 0.29) is 6.04 Å². The van der Waals surface area contributed by atoms with Gasteiger partial charge < -0.3 is 14.8 Å². The van der Waals surface area contributed by atoms with Gasteiger partial charge in [0.1, 0.15) is 11.5 Å². The Morgan fingerprint density at radius 2 is 1.73 bits per heavy atom. The van der Waals surface area contributed by atoms with Crippen molar-refractivity contribution in [2.45, 2.75) is 13.0 Å². The predicted octanol–water partition coefficient (Wildman–Crippen LogP) is 2.31. The highest BCUT2D eigenvalue weighted by Crippen LogP contribution is 2.25. The van der Waals surface area contributed by atoms with Crippen LogP contribution in [0.25, 0.3) is 0 Å². The maximum absolute atomic E-state index is 5.18. The molecule has 1 N–H and O–H groups in total. The summed E-state index contributed by atoms with van der Waals surface area (Å²) in [4.78, 5) is 0. The summed E-state index contributed by atoms with van der Waals surface area (Å²) in [6.07, 6.45) is 0. The average Bonchev–Trinajstić information content (AvgIpc) is 2.28. The third-order valence-electron chi connectivity index (χ3n) is 2.19. The molecule has 4 heteroatoms. The van der Waals surface area contributed by atoms with E-state index in [1.807, 2.05) is 25.1 Å². The fraction of sp³-hybridized carbons (Fsp3) is 0.364. The number of ether oxygens (including phenoxy) is 2. The van der Waals surface area contributed by atoms with E-state index in [2.05, 4.69) is 5.32 Å². The fourth-order valence-electron chi connectivity index (χ4n) is 1.28. The third kappa shape index (κ3) is 3.09. The Bertz CT molecular complexity index is 319. The smallest absolute Gasteiger partial charge is 0.122 e. The van der Waals surface area contributed by atoms with Gasteiger partial charge in [0.05, 0.1) is 19.7 Å². The van der Waals surface area contributed by atoms with Crippen LogP contribution in [0.5, 0.6) is 11.5 Å². The van der Waals surface area contributed by atoms with Crippen molar-refractivity contribution in [3.63, 3.8) is 0 Å². The Morgan fingerprint density at radius 1 is 1.20 bits per heavy atom. The van der Waals surface area contributed by atoms with E-state index in [0.717, 1.165) is 17.1 Å². The quantitative estimate of drug-likeness (QED) is 0.779. The van der Waals surface area contributed by atoms with Crippen molar-refractivity contribution in [2.24, 2.45) is 0 Å². The van der Waals surface area contributed by atoms with Gasteiger partial charge in [-0.3, -0.25) is 0 Å². The first-order chi connectivity index (χ1) is 7.21. The molecule has 0 bridgehead atoms. The summed E-state index contributed by atoms with van der Waals surface area (Å²) in [6, 6.07) is 5.90. The number of benzene rings is 1. The number of nitrogens with one attached hydrogen (secondary N) is 1. The maximum atomic E-state index is 5.18. The van der Waals surface area contributed by atoms with Crippen molar-refractivity contribution < 1.29 is 9.47 Å². The van der Waals surface area contributed by atoms with Crippen LogP contribution in [-0.2, 0) is 0 Å². The molecule has 0 saturated heterocycles. The first-order valence-corrected chi connectivity index (χ1v) is 5.11. The first kappa shape index (κ1) is 11.8. The number of hydrogen-bond acceptors (Lipinski definition) is 3. The Kier molecular flexibility index (Phi) is 4.37. The second kappa shape index (κ2) is 5.56. The number of methoxy groups -OCH3 is 2. The highest BCUT2D eigenvalue weighted by atomic mass is 32.1. The molecule has 3 nitrogen and oxygen atoms in total. The van der Waals surface area contributed by atoms with Gasteiger partial charge in [-0.05, 0) is 24.6 Å². The summed E-state index contributed by atoms with van der Waals surface area (Å²) in [5.41, 5.74) is 2.59. The van der Waals surface area contributed by atoms with Gasteiger partial charge >= 0.3 is 0 Å². The van der Waals surface area contributed by atoms with Gasteiger partial charge in [0, 0.05) is 12.1 Å². The molecule has 1 atom stereocenters. The van der Waals surface area contributed by atoms with Crippen LogP contribution >= 0.6 is 12.2 Å². The lowest BCUT2D eigenvalue weighted by Gasteiger charge is -2.14. The molecule has 1 rings (SSSR count). The van der Waals surface area contributed by atoms with Gasteiger partial charge in [0.25, 0.3) is 0 Å². The van der Waals surface area contributed by atoms with Gasteiger partial charge in [-0.2, -0.15) is 0 Å². The molecule has 0 aromatic heterocycles. The monoisotopic (exact) mass is 225 g/mol. The SMILES string of the molecule is COc1cc(OC)cc(C(C)NC=S)c1. The van der Waals surface area contributed by atoms with Crippen molar-refractivity contribution in [3.8, 4) is 11.5 Å². The van der Waals surface area contributed by atoms with E-state index < -0.39 is 0 Å². The molecule has 0 aliphatic heterocycles. The standard InChI is InChI=1S/C11H15NO2S/c1-8(12-7-15)9-4-10(13-2)6-11(5-9)14-3/h4-8H,1-3H3,(H,12,15). The normalized spacial score (nSPS) is 11.7. The van der Waals surface area contributed by atoms with Crippen LogP contribution in [0, 0.1) is 0 Å². The molecule has 0 radical (unpaired) electrons. The van der Waals surface area contributed by atoms with Gasteiger partial charge in [-0.15, -0.1) is 0 Å². The van der Waals surface area contributed by atoms with Crippen LogP contribution in [0.3, 0.4) is 0 Å². The van der Waals surface area contributed by atoms with Crippen molar-refractivity contribution in [1.82, 2.24) is 5.32 Å². The minimum Gasteiger partial charge on any atom is -0.497 e. The summed E-state index contributed by atoms with van der Waals surface area (Å²) in [5, 5.41) is 3.04. The molecule has 0 saturated carbocycles. The number of rotatable bonds is 5. The molecule has 1 aromatic rings. The highest BCUT2D eigenvalue weighted by Gasteiger charge is 2.07. The lowest BCUT2D eigenvalue weighted by atomic mass is 10.1. The van der Waals surface area contributed by atoms with Crippen LogP contribution in [0.1, 0.15) is 18.5 Å². The topological polar surface area (TPSA) is 30.5 Å². The van der Waals surface area contributed by atoms with Crippen LogP contribution in [-0.4, -0.2) is 19.7 Å². The van der Waals surface area contributed by atoms with E-state index in [0.29, 0.717) is 0 Å². The van der Waals surface area contributed by atoms with E-state index >= 15 is 0 Å². The van der Waals surface area contributed by atoms with Crippen LogP contribution in [0.15, 0.2) is 18.2 Å². The lowest BCUT2D eigenvalue weighted by molar-refractivity contribution is 0.392. The minimum atomic E-state index is 0.145. The molecule has 0 heterocycles. The molecule has 0 fully saturated rings. The van der Waals surface area contributed by atoms with E-state index in [1.54, 1.807) is 14.2 Å². The van der Waals surface area contributed by atoms with E-state index in [9.17, 15) is 0 Å². The van der Waals surface area contributed by atoms with Crippen molar-refractivity contribution in [2.75, 3.05) is 14.2 Å². The first-order valence-electron chi connectivity index (χ1n) is 4.64. The van der Waals surface area contributed by atoms with Gasteiger partial charge in [-0.1, -0.05) is 12.2 Å². The third-order valence-corrected chi connectivity index (χ3v) is 2.33. The largest absolute Gasteiger partial charge is 0.497 e. The van der Waals surface area contributed by atoms with E-state index in [1.165, 1.54) is 5.49 Å². The molecule has 15 heavy (non-hydrogen) atoms. The molecule has 0 aliphatic carbocycles. The molecule has 0 spiro atoms. The van der Waals surface area contributed by atoms with Gasteiger partial charge in [-0.25, -0.2) is 0 Å². The molecule has 82 valence electrons. The van der Waals surface area contributed by atoms with Crippen LogP contribution in [0.4, 0.5) is 0 Å². The zero-order valence-electron chi connectivity index (χ0n) is 9.11. The summed E-state index contributed by atoms with van der Waals surface area (Å²) in [6.45, 7) is 2.02. The van der Waals surface area contributed by atoms with Crippen LogP contribution in [0.2, 0.25) is 0 Å². The van der Waals surface area contributed by atoms with Crippen molar-refractivity contribution in [1.29, 1.82) is 0 Å². The second-order valence-electron chi connectivity index (χ2n) is 3.15. The molecular weight excluding hydrogens is 210 g/mol. The average molecular weight is 225 g/mol. The van der Waals surface area contributed by atoms with Gasteiger partial charge in [0.15, 0.2) is 0 Å². The number of hydrogen-bond donors (Lipinski definition) is 1. The lowest BCUT2D eigenvalue weighted by Crippen LogP contribution is -2.15. The van der Waals surface area contributed by atoms with Crippen molar-refractivity contribution >= 4 is 17.7 Å². The van der Waals surface area contributed by atoms with E-state index in [4.69, 9.17) is 21.7 Å². The van der Waals surface area contributed by atoms with Crippen LogP contribution < -0.4 is 14.8 Å². The van der Waals surface area contributed by atoms with Gasteiger partial charge in [0.2, 0.25) is 0 Å². The molecule has 1 unspecified atom stereocenters. The molecule has 0 aliphatic rings. The predicted molar refractivity (Wildman–Crippen MR) is 64.8 cm³/mol. The molecular formula is C11H15NO2S. The highest BCUT2D eigenvalue weighted by molar-refractivity contribution is 7.78. The zero-order valence-corrected chi connectivity index (χ0v) is 9.93. The summed E-state index contributed by atoms with van der Waals surface area (Å²) < 4.78 is 10.4.